The third-order valence-electron chi connectivity index (χ3n) is 4.78. The molecule has 0 amide bonds. The van der Waals surface area contributed by atoms with E-state index in [4.69, 9.17) is 5.73 Å². The molecule has 2 N–H and O–H groups in total. The highest BCUT2D eigenvalue weighted by atomic mass is 32.1. The second-order valence-corrected chi connectivity index (χ2v) is 6.74. The van der Waals surface area contributed by atoms with Crippen molar-refractivity contribution in [1.29, 1.82) is 0 Å². The molecule has 100 valence electrons. The van der Waals surface area contributed by atoms with E-state index in [9.17, 15) is 0 Å². The fraction of sp³-hybridized carbons (Fsp3) is 0.733. The summed E-state index contributed by atoms with van der Waals surface area (Å²) in [6.45, 7) is 2.02. The van der Waals surface area contributed by atoms with E-state index in [0.29, 0.717) is 6.04 Å². The summed E-state index contributed by atoms with van der Waals surface area (Å²) < 4.78 is 0. The maximum atomic E-state index is 6.08. The molecule has 1 aromatic rings. The van der Waals surface area contributed by atoms with Crippen molar-refractivity contribution in [3.63, 3.8) is 0 Å². The van der Waals surface area contributed by atoms with Crippen LogP contribution in [0.15, 0.2) is 17.5 Å². The van der Waals surface area contributed by atoms with Gasteiger partial charge in [-0.3, -0.25) is 4.90 Å². The molecule has 1 aromatic heterocycles. The number of fused-ring (bicyclic) bond motifs is 1. The van der Waals surface area contributed by atoms with Gasteiger partial charge in [0.15, 0.2) is 0 Å². The monoisotopic (exact) mass is 264 g/mol. The zero-order valence-corrected chi connectivity index (χ0v) is 11.9. The summed E-state index contributed by atoms with van der Waals surface area (Å²) in [6, 6.07) is 5.69. The lowest BCUT2D eigenvalue weighted by Gasteiger charge is -2.47. The van der Waals surface area contributed by atoms with E-state index in [1.54, 1.807) is 0 Å². The van der Waals surface area contributed by atoms with Crippen molar-refractivity contribution in [3.8, 4) is 0 Å². The minimum Gasteiger partial charge on any atom is -0.329 e. The van der Waals surface area contributed by atoms with E-state index >= 15 is 0 Å². The zero-order valence-electron chi connectivity index (χ0n) is 11.1. The molecule has 0 bridgehead atoms. The summed E-state index contributed by atoms with van der Waals surface area (Å²) in [5.41, 5.74) is 6.08. The number of thiophene rings is 1. The van der Waals surface area contributed by atoms with Crippen LogP contribution in [0.5, 0.6) is 0 Å². The van der Waals surface area contributed by atoms with Crippen LogP contribution in [0.3, 0.4) is 0 Å². The molecule has 18 heavy (non-hydrogen) atoms. The Bertz CT molecular complexity index is 361. The molecule has 1 saturated heterocycles. The topological polar surface area (TPSA) is 29.3 Å². The van der Waals surface area contributed by atoms with Crippen LogP contribution in [0.25, 0.3) is 0 Å². The lowest BCUT2D eigenvalue weighted by Crippen LogP contribution is -2.49. The van der Waals surface area contributed by atoms with Gasteiger partial charge < -0.3 is 5.73 Å². The molecule has 1 aliphatic carbocycles. The second kappa shape index (κ2) is 5.72. The van der Waals surface area contributed by atoms with Crippen molar-refractivity contribution in [3.05, 3.63) is 22.4 Å². The highest BCUT2D eigenvalue weighted by molar-refractivity contribution is 7.10. The quantitative estimate of drug-likeness (QED) is 0.906. The number of hydrogen-bond donors (Lipinski definition) is 1. The molecule has 3 rings (SSSR count). The van der Waals surface area contributed by atoms with E-state index in [1.165, 1.54) is 49.9 Å². The van der Waals surface area contributed by atoms with Crippen LogP contribution < -0.4 is 5.73 Å². The summed E-state index contributed by atoms with van der Waals surface area (Å²) in [5.74, 6) is 0.946. The lowest BCUT2D eigenvalue weighted by molar-refractivity contribution is 0.0287. The van der Waals surface area contributed by atoms with Crippen molar-refractivity contribution >= 4 is 11.3 Å². The van der Waals surface area contributed by atoms with E-state index < -0.39 is 0 Å². The molecule has 3 atom stereocenters. The van der Waals surface area contributed by atoms with Gasteiger partial charge in [0.05, 0.1) is 6.04 Å². The number of likely N-dealkylation sites (tertiary alicyclic amines) is 1. The van der Waals surface area contributed by atoms with Crippen molar-refractivity contribution in [2.75, 3.05) is 13.1 Å². The number of nitrogens with two attached hydrogens (primary N) is 1. The molecule has 2 aliphatic rings. The Morgan fingerprint density at radius 1 is 1.28 bits per heavy atom. The van der Waals surface area contributed by atoms with E-state index in [0.717, 1.165) is 18.5 Å². The maximum absolute atomic E-state index is 6.08. The van der Waals surface area contributed by atoms with Gasteiger partial charge in [-0.15, -0.1) is 11.3 Å². The molecule has 0 radical (unpaired) electrons. The van der Waals surface area contributed by atoms with Crippen molar-refractivity contribution in [2.24, 2.45) is 11.7 Å². The van der Waals surface area contributed by atoms with Gasteiger partial charge in [-0.05, 0) is 49.6 Å². The Morgan fingerprint density at radius 3 is 2.89 bits per heavy atom. The summed E-state index contributed by atoms with van der Waals surface area (Å²) >= 11 is 1.87. The largest absolute Gasteiger partial charge is 0.329 e. The minimum atomic E-state index is 0.468. The van der Waals surface area contributed by atoms with Gasteiger partial charge in [0.25, 0.3) is 0 Å². The van der Waals surface area contributed by atoms with Crippen LogP contribution in [-0.2, 0) is 0 Å². The van der Waals surface area contributed by atoms with Gasteiger partial charge >= 0.3 is 0 Å². The molecule has 3 heteroatoms. The van der Waals surface area contributed by atoms with Gasteiger partial charge in [0.2, 0.25) is 0 Å². The fourth-order valence-electron chi connectivity index (χ4n) is 3.95. The van der Waals surface area contributed by atoms with Gasteiger partial charge in [0.1, 0.15) is 0 Å². The summed E-state index contributed by atoms with van der Waals surface area (Å²) in [6.07, 6.45) is 8.52. The first kappa shape index (κ1) is 12.6. The standard InChI is InChI=1S/C15H24N2S/c16-11-14(15-8-4-10-18-15)17-9-3-6-12-5-1-2-7-13(12)17/h4,8,10,12-14H,1-3,5-7,9,11,16H2. The van der Waals surface area contributed by atoms with Crippen molar-refractivity contribution < 1.29 is 0 Å². The third-order valence-corrected chi connectivity index (χ3v) is 5.75. The Balaban J connectivity index is 1.80. The molecular weight excluding hydrogens is 240 g/mol. The van der Waals surface area contributed by atoms with Gasteiger partial charge in [-0.1, -0.05) is 18.9 Å². The van der Waals surface area contributed by atoms with Crippen LogP contribution in [0, 0.1) is 5.92 Å². The average molecular weight is 264 g/mol. The first-order valence-electron chi connectivity index (χ1n) is 7.39. The molecule has 1 saturated carbocycles. The molecular formula is C15H24N2S. The smallest absolute Gasteiger partial charge is 0.0566 e. The van der Waals surface area contributed by atoms with Gasteiger partial charge in [0, 0.05) is 17.5 Å². The first-order valence-corrected chi connectivity index (χ1v) is 8.27. The predicted molar refractivity (Wildman–Crippen MR) is 77.8 cm³/mol. The van der Waals surface area contributed by atoms with Crippen LogP contribution in [0.4, 0.5) is 0 Å². The van der Waals surface area contributed by atoms with E-state index in [2.05, 4.69) is 22.4 Å². The van der Waals surface area contributed by atoms with E-state index in [-0.39, 0.29) is 0 Å². The zero-order chi connectivity index (χ0) is 12.4. The number of rotatable bonds is 3. The van der Waals surface area contributed by atoms with Gasteiger partial charge in [-0.25, -0.2) is 0 Å². The van der Waals surface area contributed by atoms with Crippen LogP contribution in [0.1, 0.15) is 49.4 Å². The van der Waals surface area contributed by atoms with Crippen LogP contribution >= 0.6 is 11.3 Å². The molecule has 2 nitrogen and oxygen atoms in total. The van der Waals surface area contributed by atoms with Crippen LogP contribution in [0.2, 0.25) is 0 Å². The lowest BCUT2D eigenvalue weighted by atomic mass is 9.77. The number of hydrogen-bond acceptors (Lipinski definition) is 3. The summed E-state index contributed by atoms with van der Waals surface area (Å²) in [4.78, 5) is 4.20. The molecule has 2 heterocycles. The fourth-order valence-corrected chi connectivity index (χ4v) is 4.81. The highest BCUT2D eigenvalue weighted by Crippen LogP contribution is 2.39. The SMILES string of the molecule is NCC(c1cccs1)N1CCCC2CCCCC21. The second-order valence-electron chi connectivity index (χ2n) is 5.76. The Labute approximate surface area is 114 Å². The Kier molecular flexibility index (Phi) is 4.02. The normalized spacial score (nSPS) is 30.9. The predicted octanol–water partition coefficient (Wildman–Crippen LogP) is 3.40. The average Bonchev–Trinajstić information content (AvgIpc) is 2.94. The Morgan fingerprint density at radius 2 is 2.11 bits per heavy atom. The molecule has 3 unspecified atom stereocenters. The summed E-state index contributed by atoms with van der Waals surface area (Å²) in [5, 5.41) is 2.18. The number of piperidine rings is 1. The summed E-state index contributed by atoms with van der Waals surface area (Å²) in [7, 11) is 0. The van der Waals surface area contributed by atoms with Gasteiger partial charge in [-0.2, -0.15) is 0 Å². The molecule has 2 fully saturated rings. The Hall–Kier alpha value is -0.380. The molecule has 0 spiro atoms. The van der Waals surface area contributed by atoms with Crippen molar-refractivity contribution in [1.82, 2.24) is 4.90 Å². The third kappa shape index (κ3) is 2.36. The maximum Gasteiger partial charge on any atom is 0.0566 e. The highest BCUT2D eigenvalue weighted by Gasteiger charge is 2.36. The number of nitrogens with zero attached hydrogens (tertiary/aromatic N) is 1. The molecule has 1 aliphatic heterocycles. The molecule has 0 aromatic carbocycles. The van der Waals surface area contributed by atoms with Crippen LogP contribution in [-0.4, -0.2) is 24.0 Å². The first-order chi connectivity index (χ1) is 8.90. The van der Waals surface area contributed by atoms with E-state index in [1.807, 2.05) is 11.3 Å². The van der Waals surface area contributed by atoms with Crippen molar-refractivity contribution in [2.45, 2.75) is 50.6 Å². The minimum absolute atomic E-state index is 0.468.